The van der Waals surface area contributed by atoms with Crippen molar-refractivity contribution in [2.75, 3.05) is 13.2 Å². The molecule has 18 heteroatoms. The lowest BCUT2D eigenvalue weighted by molar-refractivity contribution is -0.338. The van der Waals surface area contributed by atoms with Gasteiger partial charge in [0.1, 0.15) is 61.0 Å². The van der Waals surface area contributed by atoms with E-state index in [1.165, 1.54) is 116 Å². The van der Waals surface area contributed by atoms with Gasteiger partial charge in [0.25, 0.3) is 0 Å². The number of aliphatic hydroxyl groups excluding tert-OH is 9. The number of ether oxygens (including phenoxy) is 2. The standard InChI is InChI=1S/C48H94NO16P/c1-3-5-7-9-11-13-15-17-18-20-21-23-25-27-29-31-36(51)35(49-38(52)32-30-28-26-24-22-19-16-14-12-10-8-6-4-2)34-62-66(60,61)65-47-44(58)42(56)41(55)43(57)46(47)64-48-45(59)40(54)39(53)37(33-50)63-48/h35-37,39-48,50-51,53-59H,3-34H2,1-2H3,(H,49,52)(H,60,61)/t35-,36+,37+,39+,40?,41?,42?,43+,44?,45?,46?,47-,48+/m0/s1. The molecule has 1 heterocycles. The monoisotopic (exact) mass is 972 g/mol. The third-order valence-corrected chi connectivity index (χ3v) is 14.3. The number of phosphoric acid groups is 1. The van der Waals surface area contributed by atoms with Crippen LogP contribution < -0.4 is 5.32 Å². The Bertz CT molecular complexity index is 1260. The van der Waals surface area contributed by atoms with E-state index in [1.807, 2.05) is 0 Å². The minimum atomic E-state index is -5.31. The minimum Gasteiger partial charge on any atom is -0.394 e. The molecule has 0 aromatic carbocycles. The molecule has 1 amide bonds. The predicted molar refractivity (Wildman–Crippen MR) is 251 cm³/mol. The first-order valence-electron chi connectivity index (χ1n) is 26.0. The molecule has 2 fully saturated rings. The Balaban J connectivity index is 1.96. The average molecular weight is 972 g/mol. The van der Waals surface area contributed by atoms with E-state index in [4.69, 9.17) is 18.5 Å². The van der Waals surface area contributed by atoms with Crippen LogP contribution in [0.2, 0.25) is 0 Å². The van der Waals surface area contributed by atoms with Gasteiger partial charge in [-0.25, -0.2) is 4.57 Å². The first-order valence-corrected chi connectivity index (χ1v) is 27.5. The van der Waals surface area contributed by atoms with Crippen molar-refractivity contribution in [2.45, 2.75) is 286 Å². The highest BCUT2D eigenvalue weighted by Crippen LogP contribution is 2.48. The quantitative estimate of drug-likeness (QED) is 0.0259. The van der Waals surface area contributed by atoms with Crippen LogP contribution in [-0.4, -0.2) is 149 Å². The summed E-state index contributed by atoms with van der Waals surface area (Å²) in [5.41, 5.74) is 0. The van der Waals surface area contributed by atoms with Gasteiger partial charge in [0, 0.05) is 6.42 Å². The number of rotatable bonds is 40. The summed E-state index contributed by atoms with van der Waals surface area (Å²) in [6.45, 7) is 2.92. The lowest BCUT2D eigenvalue weighted by Crippen LogP contribution is -2.67. The molecule has 7 unspecified atom stereocenters. The number of nitrogens with one attached hydrogen (secondary N) is 1. The Morgan fingerprint density at radius 2 is 0.955 bits per heavy atom. The van der Waals surface area contributed by atoms with Gasteiger partial charge in [-0.1, -0.05) is 187 Å². The van der Waals surface area contributed by atoms with Crippen LogP contribution in [0.4, 0.5) is 0 Å². The molecule has 1 saturated heterocycles. The molecular weight excluding hydrogens is 877 g/mol. The molecule has 1 saturated carbocycles. The molecule has 0 bridgehead atoms. The molecule has 2 rings (SSSR count). The first kappa shape index (κ1) is 61.3. The summed E-state index contributed by atoms with van der Waals surface area (Å²) in [6.07, 6.45) is 10.1. The second kappa shape index (κ2) is 36.1. The van der Waals surface area contributed by atoms with E-state index >= 15 is 0 Å². The van der Waals surface area contributed by atoms with Crippen molar-refractivity contribution in [1.82, 2.24) is 5.32 Å². The van der Waals surface area contributed by atoms with E-state index in [9.17, 15) is 60.2 Å². The van der Waals surface area contributed by atoms with Gasteiger partial charge in [0.2, 0.25) is 5.91 Å². The maximum Gasteiger partial charge on any atom is 0.472 e. The summed E-state index contributed by atoms with van der Waals surface area (Å²) >= 11 is 0. The predicted octanol–water partition coefficient (Wildman–Crippen LogP) is 5.72. The van der Waals surface area contributed by atoms with E-state index in [0.29, 0.717) is 12.8 Å². The number of phosphoric ester groups is 1. The van der Waals surface area contributed by atoms with Crippen molar-refractivity contribution in [3.05, 3.63) is 0 Å². The van der Waals surface area contributed by atoms with Crippen molar-refractivity contribution in [3.8, 4) is 0 Å². The second-order valence-corrected chi connectivity index (χ2v) is 20.5. The minimum absolute atomic E-state index is 0.177. The van der Waals surface area contributed by atoms with Gasteiger partial charge < -0.3 is 65.6 Å². The number of carbonyl (C=O) groups excluding carboxylic acids is 1. The molecule has 1 aliphatic carbocycles. The van der Waals surface area contributed by atoms with Gasteiger partial charge >= 0.3 is 7.82 Å². The summed E-state index contributed by atoms with van der Waals surface area (Å²) in [7, 11) is -5.31. The van der Waals surface area contributed by atoms with E-state index < -0.39 is 101 Å². The highest BCUT2D eigenvalue weighted by molar-refractivity contribution is 7.47. The van der Waals surface area contributed by atoms with E-state index in [0.717, 1.165) is 51.4 Å². The molecule has 0 aromatic rings. The van der Waals surface area contributed by atoms with Crippen LogP contribution in [0.5, 0.6) is 0 Å². The van der Waals surface area contributed by atoms with Gasteiger partial charge in [0.05, 0.1) is 25.4 Å². The van der Waals surface area contributed by atoms with Crippen molar-refractivity contribution >= 4 is 13.7 Å². The lowest BCUT2D eigenvalue weighted by atomic mass is 9.84. The summed E-state index contributed by atoms with van der Waals surface area (Å²) in [5, 5.41) is 97.1. The molecule has 2 aliphatic rings. The van der Waals surface area contributed by atoms with Gasteiger partial charge in [-0.15, -0.1) is 0 Å². The van der Waals surface area contributed by atoms with Crippen LogP contribution in [0.25, 0.3) is 0 Å². The number of unbranched alkanes of at least 4 members (excludes halogenated alkanes) is 26. The van der Waals surface area contributed by atoms with Crippen LogP contribution in [0.3, 0.4) is 0 Å². The van der Waals surface area contributed by atoms with Gasteiger partial charge in [-0.3, -0.25) is 13.8 Å². The maximum absolute atomic E-state index is 13.5. The Kier molecular flexibility index (Phi) is 33.5. The molecule has 11 N–H and O–H groups in total. The summed E-state index contributed by atoms with van der Waals surface area (Å²) < 4.78 is 34.9. The zero-order valence-electron chi connectivity index (χ0n) is 40.5. The number of aliphatic hydroxyl groups is 9. The van der Waals surface area contributed by atoms with Crippen molar-refractivity contribution in [2.24, 2.45) is 0 Å². The molecule has 17 nitrogen and oxygen atoms in total. The maximum atomic E-state index is 13.5. The molecule has 0 radical (unpaired) electrons. The van der Waals surface area contributed by atoms with E-state index in [-0.39, 0.29) is 18.7 Å². The van der Waals surface area contributed by atoms with Gasteiger partial charge in [-0.05, 0) is 12.8 Å². The van der Waals surface area contributed by atoms with Gasteiger partial charge in [0.15, 0.2) is 6.29 Å². The lowest BCUT2D eigenvalue weighted by Gasteiger charge is -2.47. The third kappa shape index (κ3) is 24.3. The van der Waals surface area contributed by atoms with Crippen molar-refractivity contribution < 1.29 is 78.7 Å². The fraction of sp³-hybridized carbons (Fsp3) is 0.979. The second-order valence-electron chi connectivity index (χ2n) is 19.1. The first-order chi connectivity index (χ1) is 31.7. The highest BCUT2D eigenvalue weighted by atomic mass is 31.2. The summed E-state index contributed by atoms with van der Waals surface area (Å²) in [5.74, 6) is -0.369. The molecule has 0 spiro atoms. The fourth-order valence-electron chi connectivity index (χ4n) is 8.91. The van der Waals surface area contributed by atoms with Crippen molar-refractivity contribution in [3.63, 3.8) is 0 Å². The Hall–Kier alpha value is -0.860. The average Bonchev–Trinajstić information content (AvgIpc) is 3.30. The van der Waals surface area contributed by atoms with Crippen LogP contribution in [-0.2, 0) is 27.9 Å². The Labute approximate surface area is 396 Å². The molecule has 392 valence electrons. The smallest absolute Gasteiger partial charge is 0.394 e. The molecule has 14 atom stereocenters. The Morgan fingerprint density at radius 3 is 1.39 bits per heavy atom. The summed E-state index contributed by atoms with van der Waals surface area (Å²) in [4.78, 5) is 24.1. The van der Waals surface area contributed by atoms with Crippen LogP contribution in [0.1, 0.15) is 206 Å². The van der Waals surface area contributed by atoms with Gasteiger partial charge in [-0.2, -0.15) is 0 Å². The number of hydrogen-bond donors (Lipinski definition) is 11. The van der Waals surface area contributed by atoms with Crippen LogP contribution >= 0.6 is 7.82 Å². The number of amides is 1. The zero-order chi connectivity index (χ0) is 48.7. The molecule has 0 aromatic heterocycles. The molecule has 1 aliphatic heterocycles. The number of carbonyl (C=O) groups is 1. The highest BCUT2D eigenvalue weighted by Gasteiger charge is 2.55. The largest absolute Gasteiger partial charge is 0.472 e. The third-order valence-electron chi connectivity index (χ3n) is 13.3. The molecular formula is C48H94NO16P. The zero-order valence-corrected chi connectivity index (χ0v) is 41.4. The Morgan fingerprint density at radius 1 is 0.561 bits per heavy atom. The topological polar surface area (TPSA) is 285 Å². The SMILES string of the molecule is CCCCCCCCCCCCCCCCC[C@@H](O)[C@H](COP(=O)(O)O[C@H]1C(O)C(O)C(O)[C@@H](O)C1O[C@H]1O[C@H](CO)[C@@H](O)C(O)C1O)NC(=O)CCCCCCCCCCCCCCC. The van der Waals surface area contributed by atoms with E-state index in [1.54, 1.807) is 0 Å². The molecule has 66 heavy (non-hydrogen) atoms. The fourth-order valence-corrected chi connectivity index (χ4v) is 9.87. The van der Waals surface area contributed by atoms with E-state index in [2.05, 4.69) is 19.2 Å². The number of hydrogen-bond acceptors (Lipinski definition) is 15. The normalized spacial score (nSPS) is 28.8. The van der Waals surface area contributed by atoms with Crippen LogP contribution in [0.15, 0.2) is 0 Å². The van der Waals surface area contributed by atoms with Crippen molar-refractivity contribution in [1.29, 1.82) is 0 Å². The summed E-state index contributed by atoms with van der Waals surface area (Å²) in [6, 6.07) is -1.13. The van der Waals surface area contributed by atoms with Crippen LogP contribution in [0, 0.1) is 0 Å².